The minimum atomic E-state index is -0.277. The molecule has 0 bridgehead atoms. The lowest BCUT2D eigenvalue weighted by atomic mass is 10.1. The number of hydrogen-bond donors (Lipinski definition) is 1. The maximum Gasteiger partial charge on any atom is 0.198 e. The Morgan fingerprint density at radius 2 is 2.13 bits per heavy atom. The highest BCUT2D eigenvalue weighted by molar-refractivity contribution is 5.20. The molecule has 0 aliphatic rings. The van der Waals surface area contributed by atoms with Gasteiger partial charge in [-0.05, 0) is 11.6 Å². The average Bonchev–Trinajstić information content (AvgIpc) is 2.69. The molecule has 0 amide bonds. The fraction of sp³-hybridized carbons (Fsp3) is 0.182. The van der Waals surface area contributed by atoms with E-state index in [1.54, 1.807) is 18.2 Å². The van der Waals surface area contributed by atoms with Gasteiger partial charge in [-0.3, -0.25) is 0 Å². The van der Waals surface area contributed by atoms with Crippen LogP contribution in [0.5, 0.6) is 0 Å². The van der Waals surface area contributed by atoms with Crippen LogP contribution in [0.2, 0.25) is 0 Å². The quantitative estimate of drug-likeness (QED) is 0.836. The van der Waals surface area contributed by atoms with Crippen LogP contribution in [0.15, 0.2) is 34.9 Å². The molecule has 2 rings (SSSR count). The molecule has 0 spiro atoms. The molecule has 1 aromatic heterocycles. The minimum Gasteiger partial charge on any atom is -0.448 e. The van der Waals surface area contributed by atoms with Gasteiger partial charge in [0.2, 0.25) is 0 Å². The number of hydrogen-bond acceptors (Lipinski definition) is 3. The standard InChI is InChI=1S/C11H10FNO2/c12-10-4-2-1-3-8(10)5-11-13-9(6-14)7-15-11/h1-4,7,14H,5-6H2. The van der Waals surface area contributed by atoms with Crippen molar-refractivity contribution in [3.63, 3.8) is 0 Å². The SMILES string of the molecule is OCc1coc(Cc2ccccc2F)n1. The lowest BCUT2D eigenvalue weighted by molar-refractivity contribution is 0.276. The van der Waals surface area contributed by atoms with Crippen LogP contribution in [-0.2, 0) is 13.0 Å². The number of oxazole rings is 1. The van der Waals surface area contributed by atoms with Gasteiger partial charge in [0.05, 0.1) is 13.0 Å². The van der Waals surface area contributed by atoms with Gasteiger partial charge in [-0.25, -0.2) is 9.37 Å². The molecule has 2 aromatic rings. The van der Waals surface area contributed by atoms with Crippen molar-refractivity contribution in [3.8, 4) is 0 Å². The Bertz CT molecular complexity index is 453. The number of benzene rings is 1. The van der Waals surface area contributed by atoms with Crippen molar-refractivity contribution in [2.24, 2.45) is 0 Å². The highest BCUT2D eigenvalue weighted by atomic mass is 19.1. The van der Waals surface area contributed by atoms with Gasteiger partial charge in [-0.15, -0.1) is 0 Å². The first-order valence-electron chi connectivity index (χ1n) is 4.57. The van der Waals surface area contributed by atoms with Crippen LogP contribution in [-0.4, -0.2) is 10.1 Å². The predicted molar refractivity (Wildman–Crippen MR) is 51.6 cm³/mol. The zero-order chi connectivity index (χ0) is 10.7. The van der Waals surface area contributed by atoms with Gasteiger partial charge >= 0.3 is 0 Å². The Morgan fingerprint density at radius 3 is 2.80 bits per heavy atom. The molecular weight excluding hydrogens is 197 g/mol. The van der Waals surface area contributed by atoms with Crippen molar-refractivity contribution in [3.05, 3.63) is 53.5 Å². The number of nitrogens with zero attached hydrogens (tertiary/aromatic N) is 1. The van der Waals surface area contributed by atoms with Crippen LogP contribution >= 0.6 is 0 Å². The summed E-state index contributed by atoms with van der Waals surface area (Å²) in [5.74, 6) is 0.130. The van der Waals surface area contributed by atoms with E-state index >= 15 is 0 Å². The van der Waals surface area contributed by atoms with Gasteiger partial charge in [-0.2, -0.15) is 0 Å². The Balaban J connectivity index is 2.18. The molecule has 78 valence electrons. The van der Waals surface area contributed by atoms with Gasteiger partial charge in [0.15, 0.2) is 5.89 Å². The third-order valence-corrected chi connectivity index (χ3v) is 2.06. The molecule has 0 radical (unpaired) electrons. The summed E-state index contributed by atoms with van der Waals surface area (Å²) in [7, 11) is 0. The van der Waals surface area contributed by atoms with Crippen molar-refractivity contribution in [2.45, 2.75) is 13.0 Å². The van der Waals surface area contributed by atoms with E-state index in [0.717, 1.165) is 0 Å². The largest absolute Gasteiger partial charge is 0.448 e. The summed E-state index contributed by atoms with van der Waals surface area (Å²) in [6.07, 6.45) is 1.67. The van der Waals surface area contributed by atoms with Crippen LogP contribution in [0.4, 0.5) is 4.39 Å². The minimum absolute atomic E-state index is 0.166. The van der Waals surface area contributed by atoms with Crippen LogP contribution in [0, 0.1) is 5.82 Å². The molecule has 3 nitrogen and oxygen atoms in total. The fourth-order valence-electron chi connectivity index (χ4n) is 1.31. The van der Waals surface area contributed by atoms with Crippen LogP contribution in [0.25, 0.3) is 0 Å². The molecule has 1 N–H and O–H groups in total. The second-order valence-electron chi connectivity index (χ2n) is 3.16. The van der Waals surface area contributed by atoms with E-state index in [4.69, 9.17) is 9.52 Å². The number of aromatic nitrogens is 1. The van der Waals surface area contributed by atoms with E-state index in [1.165, 1.54) is 12.3 Å². The molecule has 4 heteroatoms. The van der Waals surface area contributed by atoms with Crippen LogP contribution < -0.4 is 0 Å². The summed E-state index contributed by atoms with van der Waals surface area (Å²) in [5, 5.41) is 8.78. The first-order valence-corrected chi connectivity index (χ1v) is 4.57. The monoisotopic (exact) mass is 207 g/mol. The summed E-state index contributed by atoms with van der Waals surface area (Å²) in [6.45, 7) is -0.166. The summed E-state index contributed by atoms with van der Waals surface area (Å²) >= 11 is 0. The van der Waals surface area contributed by atoms with Gasteiger partial charge in [0.1, 0.15) is 17.8 Å². The van der Waals surface area contributed by atoms with E-state index in [1.807, 2.05) is 0 Å². The van der Waals surface area contributed by atoms with E-state index < -0.39 is 0 Å². The predicted octanol–water partition coefficient (Wildman–Crippen LogP) is 1.90. The molecule has 0 atom stereocenters. The molecular formula is C11H10FNO2. The molecule has 15 heavy (non-hydrogen) atoms. The van der Waals surface area contributed by atoms with Gasteiger partial charge in [0, 0.05) is 0 Å². The highest BCUT2D eigenvalue weighted by Gasteiger charge is 2.07. The number of aliphatic hydroxyl groups is 1. The van der Waals surface area contributed by atoms with Gasteiger partial charge < -0.3 is 9.52 Å². The first-order chi connectivity index (χ1) is 7.29. The number of rotatable bonds is 3. The Labute approximate surface area is 86.2 Å². The second-order valence-corrected chi connectivity index (χ2v) is 3.16. The van der Waals surface area contributed by atoms with Gasteiger partial charge in [0.25, 0.3) is 0 Å². The Hall–Kier alpha value is -1.68. The fourth-order valence-corrected chi connectivity index (χ4v) is 1.31. The maximum absolute atomic E-state index is 13.2. The average molecular weight is 207 g/mol. The Kier molecular flexibility index (Phi) is 2.78. The summed E-state index contributed by atoms with van der Waals surface area (Å²) < 4.78 is 18.3. The lowest BCUT2D eigenvalue weighted by Crippen LogP contribution is -1.93. The molecule has 0 aliphatic heterocycles. The molecule has 0 fully saturated rings. The van der Waals surface area contributed by atoms with Crippen molar-refractivity contribution in [1.82, 2.24) is 4.98 Å². The van der Waals surface area contributed by atoms with Gasteiger partial charge in [-0.1, -0.05) is 18.2 Å². The molecule has 0 saturated heterocycles. The topological polar surface area (TPSA) is 46.3 Å². The van der Waals surface area contributed by atoms with Crippen LogP contribution in [0.3, 0.4) is 0 Å². The van der Waals surface area contributed by atoms with Crippen molar-refractivity contribution >= 4 is 0 Å². The normalized spacial score (nSPS) is 10.5. The lowest BCUT2D eigenvalue weighted by Gasteiger charge is -1.98. The summed E-state index contributed by atoms with van der Waals surface area (Å²) in [6, 6.07) is 6.46. The van der Waals surface area contributed by atoms with Crippen LogP contribution in [0.1, 0.15) is 17.1 Å². The van der Waals surface area contributed by atoms with Crippen molar-refractivity contribution in [2.75, 3.05) is 0 Å². The number of halogens is 1. The first kappa shape index (κ1) is 9.86. The summed E-state index contributed by atoms with van der Waals surface area (Å²) in [5.41, 5.74) is 0.991. The summed E-state index contributed by atoms with van der Waals surface area (Å²) in [4.78, 5) is 3.98. The van der Waals surface area contributed by atoms with E-state index in [-0.39, 0.29) is 12.4 Å². The van der Waals surface area contributed by atoms with E-state index in [2.05, 4.69) is 4.98 Å². The number of aliphatic hydroxyl groups excluding tert-OH is 1. The maximum atomic E-state index is 13.2. The highest BCUT2D eigenvalue weighted by Crippen LogP contribution is 2.12. The van der Waals surface area contributed by atoms with E-state index in [9.17, 15) is 4.39 Å². The van der Waals surface area contributed by atoms with Crippen molar-refractivity contribution < 1.29 is 13.9 Å². The molecule has 1 heterocycles. The third-order valence-electron chi connectivity index (χ3n) is 2.06. The Morgan fingerprint density at radius 1 is 1.33 bits per heavy atom. The van der Waals surface area contributed by atoms with Crippen molar-refractivity contribution in [1.29, 1.82) is 0 Å². The molecule has 0 saturated carbocycles. The molecule has 0 aliphatic carbocycles. The van der Waals surface area contributed by atoms with E-state index in [0.29, 0.717) is 23.6 Å². The zero-order valence-electron chi connectivity index (χ0n) is 7.98. The second kappa shape index (κ2) is 4.23. The zero-order valence-corrected chi connectivity index (χ0v) is 7.98. The smallest absolute Gasteiger partial charge is 0.198 e. The molecule has 0 unspecified atom stereocenters. The molecule has 1 aromatic carbocycles. The third kappa shape index (κ3) is 2.22.